The number of nitrogens with zero attached hydrogens (tertiary/aromatic N) is 3. The van der Waals surface area contributed by atoms with E-state index in [0.29, 0.717) is 35.9 Å². The van der Waals surface area contributed by atoms with Crippen molar-refractivity contribution < 1.29 is 23.2 Å². The Hall–Kier alpha value is -4.27. The standard InChI is InChI=1S/C25H23FN4O4/c1-32-19-10-8-18(9-11-19)25-29-24(34-30-25)6-2-5-23(31)28-15-17-7-12-22(21(26)14-17)33-20-4-3-13-27-16-20/h3-4,7-14,16H,2,5-6,15H2,1H3,(H,28,31). The van der Waals surface area contributed by atoms with Crippen LogP contribution in [0, 0.1) is 5.82 Å². The van der Waals surface area contributed by atoms with Gasteiger partial charge in [-0.05, 0) is 60.5 Å². The van der Waals surface area contributed by atoms with Crippen LogP contribution >= 0.6 is 0 Å². The molecule has 0 spiro atoms. The van der Waals surface area contributed by atoms with E-state index in [4.69, 9.17) is 14.0 Å². The molecule has 2 aromatic heterocycles. The second-order valence-corrected chi connectivity index (χ2v) is 7.43. The number of methoxy groups -OCH3 is 1. The Labute approximate surface area is 195 Å². The van der Waals surface area contributed by atoms with Crippen molar-refractivity contribution >= 4 is 5.91 Å². The van der Waals surface area contributed by atoms with Crippen LogP contribution in [0.25, 0.3) is 11.4 Å². The van der Waals surface area contributed by atoms with Crippen LogP contribution < -0.4 is 14.8 Å². The minimum atomic E-state index is -0.514. The molecule has 0 saturated carbocycles. The molecule has 2 heterocycles. The lowest BCUT2D eigenvalue weighted by atomic mass is 10.2. The van der Waals surface area contributed by atoms with Crippen molar-refractivity contribution in [3.05, 3.63) is 84.3 Å². The number of aromatic nitrogens is 3. The van der Waals surface area contributed by atoms with Crippen LogP contribution in [0.2, 0.25) is 0 Å². The molecule has 4 rings (SSSR count). The number of carbonyl (C=O) groups is 1. The molecule has 4 aromatic rings. The van der Waals surface area contributed by atoms with Gasteiger partial charge in [-0.1, -0.05) is 11.2 Å². The van der Waals surface area contributed by atoms with Crippen molar-refractivity contribution in [2.75, 3.05) is 7.11 Å². The van der Waals surface area contributed by atoms with Crippen molar-refractivity contribution in [3.8, 4) is 28.6 Å². The number of pyridine rings is 1. The van der Waals surface area contributed by atoms with Crippen LogP contribution in [-0.4, -0.2) is 28.1 Å². The molecule has 0 atom stereocenters. The number of aryl methyl sites for hydroxylation is 1. The second kappa shape index (κ2) is 11.0. The molecule has 0 unspecified atom stereocenters. The summed E-state index contributed by atoms with van der Waals surface area (Å²) in [7, 11) is 1.60. The zero-order valence-corrected chi connectivity index (χ0v) is 18.5. The lowest BCUT2D eigenvalue weighted by Crippen LogP contribution is -2.22. The normalized spacial score (nSPS) is 10.6. The molecule has 8 nitrogen and oxygen atoms in total. The largest absolute Gasteiger partial charge is 0.497 e. The topological polar surface area (TPSA) is 99.4 Å². The van der Waals surface area contributed by atoms with E-state index in [-0.39, 0.29) is 24.6 Å². The first-order valence-electron chi connectivity index (χ1n) is 10.7. The summed E-state index contributed by atoms with van der Waals surface area (Å²) in [5, 5.41) is 6.77. The Morgan fingerprint density at radius 1 is 1.12 bits per heavy atom. The molecule has 1 N–H and O–H groups in total. The Morgan fingerprint density at radius 3 is 2.71 bits per heavy atom. The zero-order valence-electron chi connectivity index (χ0n) is 18.5. The molecule has 0 aliphatic heterocycles. The first-order valence-corrected chi connectivity index (χ1v) is 10.7. The van der Waals surface area contributed by atoms with E-state index in [0.717, 1.165) is 11.3 Å². The van der Waals surface area contributed by atoms with Gasteiger partial charge in [-0.15, -0.1) is 0 Å². The maximum absolute atomic E-state index is 14.3. The van der Waals surface area contributed by atoms with Gasteiger partial charge in [0.15, 0.2) is 11.6 Å². The Morgan fingerprint density at radius 2 is 1.97 bits per heavy atom. The fourth-order valence-electron chi connectivity index (χ4n) is 3.17. The van der Waals surface area contributed by atoms with Crippen molar-refractivity contribution in [2.24, 2.45) is 0 Å². The SMILES string of the molecule is COc1ccc(-c2noc(CCCC(=O)NCc3ccc(Oc4cccnc4)c(F)c3)n2)cc1. The molecule has 34 heavy (non-hydrogen) atoms. The van der Waals surface area contributed by atoms with E-state index in [1.165, 1.54) is 18.3 Å². The van der Waals surface area contributed by atoms with E-state index in [1.807, 2.05) is 24.3 Å². The van der Waals surface area contributed by atoms with Gasteiger partial charge in [0.2, 0.25) is 17.6 Å². The van der Waals surface area contributed by atoms with E-state index in [2.05, 4.69) is 20.4 Å². The maximum Gasteiger partial charge on any atom is 0.226 e. The zero-order chi connectivity index (χ0) is 23.8. The third-order valence-corrected chi connectivity index (χ3v) is 4.96. The van der Waals surface area contributed by atoms with Crippen LogP contribution in [0.4, 0.5) is 4.39 Å². The smallest absolute Gasteiger partial charge is 0.226 e. The molecule has 174 valence electrons. The molecular weight excluding hydrogens is 439 g/mol. The van der Waals surface area contributed by atoms with Gasteiger partial charge >= 0.3 is 0 Å². The molecule has 0 aliphatic rings. The summed E-state index contributed by atoms with van der Waals surface area (Å²) in [6.07, 6.45) is 4.41. The van der Waals surface area contributed by atoms with Gasteiger partial charge in [-0.3, -0.25) is 9.78 Å². The van der Waals surface area contributed by atoms with Gasteiger partial charge < -0.3 is 19.3 Å². The molecule has 9 heteroatoms. The number of nitrogens with one attached hydrogen (secondary N) is 1. The molecule has 0 bridgehead atoms. The van der Waals surface area contributed by atoms with Crippen LogP contribution in [0.15, 0.2) is 71.5 Å². The van der Waals surface area contributed by atoms with Crippen LogP contribution in [0.5, 0.6) is 17.2 Å². The number of halogens is 1. The third kappa shape index (κ3) is 6.16. The highest BCUT2D eigenvalue weighted by molar-refractivity contribution is 5.75. The molecular formula is C25H23FN4O4. The van der Waals surface area contributed by atoms with Crippen molar-refractivity contribution in [1.29, 1.82) is 0 Å². The first kappa shape index (κ1) is 22.9. The summed E-state index contributed by atoms with van der Waals surface area (Å²) in [4.78, 5) is 20.5. The Bertz CT molecular complexity index is 1230. The lowest BCUT2D eigenvalue weighted by molar-refractivity contribution is -0.121. The number of ether oxygens (including phenoxy) is 2. The highest BCUT2D eigenvalue weighted by Crippen LogP contribution is 2.24. The van der Waals surface area contributed by atoms with Gasteiger partial charge in [0, 0.05) is 31.1 Å². The Balaban J connectivity index is 1.21. The summed E-state index contributed by atoms with van der Waals surface area (Å²) in [5.41, 5.74) is 1.45. The van der Waals surface area contributed by atoms with Crippen LogP contribution in [0.3, 0.4) is 0 Å². The van der Waals surface area contributed by atoms with Gasteiger partial charge in [-0.2, -0.15) is 4.98 Å². The number of benzene rings is 2. The quantitative estimate of drug-likeness (QED) is 0.364. The van der Waals surface area contributed by atoms with E-state index in [1.54, 1.807) is 31.5 Å². The second-order valence-electron chi connectivity index (χ2n) is 7.43. The third-order valence-electron chi connectivity index (χ3n) is 4.96. The predicted molar refractivity (Wildman–Crippen MR) is 122 cm³/mol. The van der Waals surface area contributed by atoms with Gasteiger partial charge in [-0.25, -0.2) is 4.39 Å². The first-order chi connectivity index (χ1) is 16.6. The summed E-state index contributed by atoms with van der Waals surface area (Å²) in [6, 6.07) is 15.3. The van der Waals surface area contributed by atoms with Crippen molar-refractivity contribution in [2.45, 2.75) is 25.8 Å². The highest BCUT2D eigenvalue weighted by Gasteiger charge is 2.11. The highest BCUT2D eigenvalue weighted by atomic mass is 19.1. The van der Waals surface area contributed by atoms with Gasteiger partial charge in [0.1, 0.15) is 11.5 Å². The fraction of sp³-hybridized carbons (Fsp3) is 0.200. The number of hydrogen-bond acceptors (Lipinski definition) is 7. The van der Waals surface area contributed by atoms with Crippen LogP contribution in [-0.2, 0) is 17.8 Å². The van der Waals surface area contributed by atoms with Gasteiger partial charge in [0.25, 0.3) is 0 Å². The maximum atomic E-state index is 14.3. The van der Waals surface area contributed by atoms with Crippen molar-refractivity contribution in [3.63, 3.8) is 0 Å². The fourth-order valence-corrected chi connectivity index (χ4v) is 3.17. The molecule has 1 amide bonds. The monoisotopic (exact) mass is 462 g/mol. The summed E-state index contributed by atoms with van der Waals surface area (Å²) >= 11 is 0. The molecule has 0 aliphatic carbocycles. The molecule has 0 saturated heterocycles. The summed E-state index contributed by atoms with van der Waals surface area (Å²) < 4.78 is 30.2. The van der Waals surface area contributed by atoms with E-state index < -0.39 is 5.82 Å². The van der Waals surface area contributed by atoms with Crippen LogP contribution in [0.1, 0.15) is 24.3 Å². The van der Waals surface area contributed by atoms with Crippen molar-refractivity contribution in [1.82, 2.24) is 20.4 Å². The minimum Gasteiger partial charge on any atom is -0.497 e. The summed E-state index contributed by atoms with van der Waals surface area (Å²) in [6.45, 7) is 0.213. The average molecular weight is 462 g/mol. The average Bonchev–Trinajstić information content (AvgIpc) is 3.34. The van der Waals surface area contributed by atoms with Gasteiger partial charge in [0.05, 0.1) is 13.3 Å². The molecule has 2 aromatic carbocycles. The number of carbonyl (C=O) groups excluding carboxylic acids is 1. The number of rotatable bonds is 10. The minimum absolute atomic E-state index is 0.0941. The summed E-state index contributed by atoms with van der Waals surface area (Å²) in [5.74, 6) is 1.57. The Kier molecular flexibility index (Phi) is 7.44. The van der Waals surface area contributed by atoms with E-state index in [9.17, 15) is 9.18 Å². The number of hydrogen-bond donors (Lipinski definition) is 1. The lowest BCUT2D eigenvalue weighted by Gasteiger charge is -2.09. The molecule has 0 radical (unpaired) electrons. The predicted octanol–water partition coefficient (Wildman–Crippen LogP) is 4.71. The number of amides is 1. The van der Waals surface area contributed by atoms with E-state index >= 15 is 0 Å². The molecule has 0 fully saturated rings.